The maximum absolute atomic E-state index is 5.43. The molecule has 0 spiro atoms. The summed E-state index contributed by atoms with van der Waals surface area (Å²) in [5.41, 5.74) is 2.11. The summed E-state index contributed by atoms with van der Waals surface area (Å²) in [6.45, 7) is 4.28. The second kappa shape index (κ2) is 9.16. The highest BCUT2D eigenvalue weighted by Crippen LogP contribution is 2.40. The monoisotopic (exact) mass is 507 g/mol. The van der Waals surface area contributed by atoms with Crippen molar-refractivity contribution in [3.8, 4) is 11.5 Å². The van der Waals surface area contributed by atoms with Crippen LogP contribution in [0, 0.1) is 0 Å². The van der Waals surface area contributed by atoms with Gasteiger partial charge in [-0.25, -0.2) is 4.99 Å². The van der Waals surface area contributed by atoms with Crippen LogP contribution in [-0.2, 0) is 13.1 Å². The van der Waals surface area contributed by atoms with Crippen molar-refractivity contribution in [3.63, 3.8) is 0 Å². The van der Waals surface area contributed by atoms with Crippen LogP contribution in [0.4, 0.5) is 0 Å². The van der Waals surface area contributed by atoms with Crippen LogP contribution in [0.1, 0.15) is 18.1 Å². The van der Waals surface area contributed by atoms with E-state index in [0.29, 0.717) is 13.1 Å². The van der Waals surface area contributed by atoms with Crippen molar-refractivity contribution in [2.24, 2.45) is 4.99 Å². The number of aliphatic imine (C=N–C) groups is 1. The molecular formula is C16H19BrIN3O3. The number of hydrogen-bond acceptors (Lipinski definition) is 4. The summed E-state index contributed by atoms with van der Waals surface area (Å²) in [6.07, 6.45) is 3.37. The fourth-order valence-corrected chi connectivity index (χ4v) is 2.81. The average molecular weight is 508 g/mol. The Morgan fingerprint density at radius 1 is 1.25 bits per heavy atom. The van der Waals surface area contributed by atoms with Gasteiger partial charge in [0.15, 0.2) is 17.5 Å². The van der Waals surface area contributed by atoms with Crippen LogP contribution in [0.25, 0.3) is 0 Å². The van der Waals surface area contributed by atoms with Crippen LogP contribution in [0.2, 0.25) is 0 Å². The van der Waals surface area contributed by atoms with Gasteiger partial charge in [-0.3, -0.25) is 0 Å². The van der Waals surface area contributed by atoms with Crippen molar-refractivity contribution in [2.45, 2.75) is 20.0 Å². The van der Waals surface area contributed by atoms with E-state index in [1.165, 1.54) is 0 Å². The standard InChI is InChI=1S/C16H18BrN3O3.HI/c1-2-18-16(19-7-11-3-4-21-9-11)20-8-12-5-13(17)15-14(6-12)22-10-23-15;/h3-6,9H,2,7-8,10H2,1H3,(H2,18,19,20);1H. The number of halogens is 2. The molecule has 0 amide bonds. The molecule has 0 atom stereocenters. The molecule has 0 bridgehead atoms. The van der Waals surface area contributed by atoms with E-state index in [1.54, 1.807) is 12.5 Å². The number of furan rings is 1. The van der Waals surface area contributed by atoms with E-state index in [1.807, 2.05) is 25.1 Å². The van der Waals surface area contributed by atoms with Crippen LogP contribution < -0.4 is 20.1 Å². The summed E-state index contributed by atoms with van der Waals surface area (Å²) < 4.78 is 16.8. The van der Waals surface area contributed by atoms with E-state index in [9.17, 15) is 0 Å². The summed E-state index contributed by atoms with van der Waals surface area (Å²) in [4.78, 5) is 4.60. The number of fused-ring (bicyclic) bond motifs is 1. The maximum Gasteiger partial charge on any atom is 0.231 e. The topological polar surface area (TPSA) is 68.0 Å². The third-order valence-corrected chi connectivity index (χ3v) is 3.88. The van der Waals surface area contributed by atoms with Crippen molar-refractivity contribution < 1.29 is 13.9 Å². The number of benzene rings is 1. The molecule has 0 unspecified atom stereocenters. The Hall–Kier alpha value is -1.42. The zero-order valence-electron chi connectivity index (χ0n) is 13.2. The molecule has 2 N–H and O–H groups in total. The van der Waals surface area contributed by atoms with E-state index >= 15 is 0 Å². The van der Waals surface area contributed by atoms with Gasteiger partial charge in [0.25, 0.3) is 0 Å². The first-order valence-electron chi connectivity index (χ1n) is 7.37. The second-order valence-electron chi connectivity index (χ2n) is 4.99. The van der Waals surface area contributed by atoms with E-state index in [4.69, 9.17) is 13.9 Å². The molecule has 0 radical (unpaired) electrons. The largest absolute Gasteiger partial charge is 0.472 e. The lowest BCUT2D eigenvalue weighted by atomic mass is 10.2. The van der Waals surface area contributed by atoms with Crippen LogP contribution in [0.5, 0.6) is 11.5 Å². The zero-order valence-corrected chi connectivity index (χ0v) is 17.1. The molecule has 2 heterocycles. The number of ether oxygens (including phenoxy) is 2. The molecule has 1 aromatic heterocycles. The number of hydrogen-bond donors (Lipinski definition) is 2. The highest BCUT2D eigenvalue weighted by Gasteiger charge is 2.17. The first-order valence-corrected chi connectivity index (χ1v) is 8.17. The molecule has 24 heavy (non-hydrogen) atoms. The smallest absolute Gasteiger partial charge is 0.231 e. The predicted molar refractivity (Wildman–Crippen MR) is 106 cm³/mol. The van der Waals surface area contributed by atoms with Crippen molar-refractivity contribution in [3.05, 3.63) is 46.3 Å². The van der Waals surface area contributed by atoms with E-state index in [2.05, 4.69) is 31.6 Å². The van der Waals surface area contributed by atoms with Gasteiger partial charge in [-0.2, -0.15) is 0 Å². The van der Waals surface area contributed by atoms with E-state index in [-0.39, 0.29) is 30.8 Å². The molecular weight excluding hydrogens is 489 g/mol. The fourth-order valence-electron chi connectivity index (χ4n) is 2.20. The van der Waals surface area contributed by atoms with Crippen LogP contribution in [0.3, 0.4) is 0 Å². The van der Waals surface area contributed by atoms with Gasteiger partial charge in [0.2, 0.25) is 6.79 Å². The number of nitrogens with one attached hydrogen (secondary N) is 2. The molecule has 1 aliphatic heterocycles. The van der Waals surface area contributed by atoms with Gasteiger partial charge in [-0.1, -0.05) is 0 Å². The Bertz CT molecular complexity index is 692. The zero-order chi connectivity index (χ0) is 16.1. The van der Waals surface area contributed by atoms with Crippen LogP contribution in [-0.4, -0.2) is 19.3 Å². The van der Waals surface area contributed by atoms with Gasteiger partial charge in [0.1, 0.15) is 0 Å². The molecule has 2 aromatic rings. The third-order valence-electron chi connectivity index (χ3n) is 3.29. The molecule has 130 valence electrons. The highest BCUT2D eigenvalue weighted by molar-refractivity contribution is 14.0. The maximum atomic E-state index is 5.43. The average Bonchev–Trinajstić information content (AvgIpc) is 3.21. The summed E-state index contributed by atoms with van der Waals surface area (Å²) >= 11 is 3.50. The Kier molecular flexibility index (Phi) is 7.22. The molecule has 3 rings (SSSR count). The predicted octanol–water partition coefficient (Wildman–Crippen LogP) is 3.64. The third kappa shape index (κ3) is 4.79. The number of rotatable bonds is 5. The molecule has 6 nitrogen and oxygen atoms in total. The molecule has 1 aromatic carbocycles. The van der Waals surface area contributed by atoms with E-state index in [0.717, 1.165) is 39.6 Å². The van der Waals surface area contributed by atoms with Gasteiger partial charge in [0, 0.05) is 18.7 Å². The lowest BCUT2D eigenvalue weighted by molar-refractivity contribution is 0.173. The number of nitrogens with zero attached hydrogens (tertiary/aromatic N) is 1. The van der Waals surface area contributed by atoms with Crippen molar-refractivity contribution in [1.82, 2.24) is 10.6 Å². The first-order chi connectivity index (χ1) is 11.3. The van der Waals surface area contributed by atoms with Crippen molar-refractivity contribution >= 4 is 45.9 Å². The first kappa shape index (κ1) is 18.9. The van der Waals surface area contributed by atoms with Crippen LogP contribution in [0.15, 0.2) is 44.6 Å². The Balaban J connectivity index is 0.00000208. The Morgan fingerprint density at radius 2 is 2.12 bits per heavy atom. The molecule has 0 saturated carbocycles. The van der Waals surface area contributed by atoms with Crippen LogP contribution >= 0.6 is 39.9 Å². The molecule has 0 fully saturated rings. The lowest BCUT2D eigenvalue weighted by Crippen LogP contribution is -2.36. The highest BCUT2D eigenvalue weighted by atomic mass is 127. The quantitative estimate of drug-likeness (QED) is 0.367. The Morgan fingerprint density at radius 3 is 2.88 bits per heavy atom. The normalized spacial score (nSPS) is 12.7. The van der Waals surface area contributed by atoms with Gasteiger partial charge in [0.05, 0.1) is 23.5 Å². The molecule has 0 saturated heterocycles. The van der Waals surface area contributed by atoms with Gasteiger partial charge < -0.3 is 24.5 Å². The summed E-state index contributed by atoms with van der Waals surface area (Å²) in [5, 5.41) is 6.49. The number of guanidine groups is 1. The minimum atomic E-state index is 0. The van der Waals surface area contributed by atoms with E-state index < -0.39 is 0 Å². The molecule has 8 heteroatoms. The second-order valence-corrected chi connectivity index (χ2v) is 5.85. The summed E-state index contributed by atoms with van der Waals surface area (Å²) in [5.74, 6) is 2.26. The summed E-state index contributed by atoms with van der Waals surface area (Å²) in [7, 11) is 0. The fraction of sp³-hybridized carbons (Fsp3) is 0.312. The van der Waals surface area contributed by atoms with Gasteiger partial charge in [-0.05, 0) is 46.6 Å². The van der Waals surface area contributed by atoms with Crippen molar-refractivity contribution in [1.29, 1.82) is 0 Å². The minimum absolute atomic E-state index is 0. The SMILES string of the molecule is CCNC(=NCc1cc(Br)c2c(c1)OCO2)NCc1ccoc1.I. The lowest BCUT2D eigenvalue weighted by Gasteiger charge is -2.10. The molecule has 0 aliphatic carbocycles. The Labute approximate surface area is 166 Å². The van der Waals surface area contributed by atoms with Gasteiger partial charge in [-0.15, -0.1) is 24.0 Å². The summed E-state index contributed by atoms with van der Waals surface area (Å²) in [6, 6.07) is 5.87. The molecule has 1 aliphatic rings. The van der Waals surface area contributed by atoms with Gasteiger partial charge >= 0.3 is 0 Å². The minimum Gasteiger partial charge on any atom is -0.472 e. The van der Waals surface area contributed by atoms with Crippen molar-refractivity contribution in [2.75, 3.05) is 13.3 Å².